The number of nitrogens with zero attached hydrogens (tertiary/aromatic N) is 4. The number of carbonyl (C=O) groups is 1. The van der Waals surface area contributed by atoms with Gasteiger partial charge in [0, 0.05) is 36.8 Å². The number of ether oxygens (including phenoxy) is 1. The lowest BCUT2D eigenvalue weighted by atomic mass is 10.0. The van der Waals surface area contributed by atoms with Crippen LogP contribution >= 0.6 is 0 Å². The van der Waals surface area contributed by atoms with Crippen molar-refractivity contribution in [3.63, 3.8) is 0 Å². The normalized spacial score (nSPS) is 16.3. The van der Waals surface area contributed by atoms with Crippen LogP contribution in [0, 0.1) is 11.6 Å². The van der Waals surface area contributed by atoms with Gasteiger partial charge in [-0.1, -0.05) is 11.3 Å². The fraction of sp³-hybridized carbons (Fsp3) is 0.250. The van der Waals surface area contributed by atoms with Crippen molar-refractivity contribution in [1.82, 2.24) is 15.0 Å². The number of aryl methyl sites for hydroxylation is 1. The highest BCUT2D eigenvalue weighted by molar-refractivity contribution is 5.90. The summed E-state index contributed by atoms with van der Waals surface area (Å²) in [6.07, 6.45) is 2.97. The van der Waals surface area contributed by atoms with Gasteiger partial charge in [0.15, 0.2) is 0 Å². The highest BCUT2D eigenvalue weighted by Gasteiger charge is 2.32. The van der Waals surface area contributed by atoms with Crippen LogP contribution in [0.3, 0.4) is 0 Å². The summed E-state index contributed by atoms with van der Waals surface area (Å²) in [4.78, 5) is 13.6. The molecule has 1 amide bonds. The number of amides is 1. The van der Waals surface area contributed by atoms with E-state index in [9.17, 15) is 13.6 Å². The molecule has 29 heavy (non-hydrogen) atoms. The lowest BCUT2D eigenvalue weighted by molar-refractivity contribution is 0.133. The van der Waals surface area contributed by atoms with Crippen LogP contribution in [0.5, 0.6) is 0 Å². The number of benzene rings is 2. The Balaban J connectivity index is 1.51. The van der Waals surface area contributed by atoms with E-state index in [1.165, 1.54) is 29.2 Å². The maximum Gasteiger partial charge on any atom is 0.414 e. The molecule has 1 fully saturated rings. The van der Waals surface area contributed by atoms with Crippen molar-refractivity contribution < 1.29 is 18.3 Å². The average molecular weight is 399 g/mol. The van der Waals surface area contributed by atoms with Gasteiger partial charge >= 0.3 is 6.09 Å². The van der Waals surface area contributed by atoms with E-state index < -0.39 is 17.7 Å². The maximum atomic E-state index is 14.8. The molecular formula is C20H19F2N5O2. The van der Waals surface area contributed by atoms with Crippen molar-refractivity contribution >= 4 is 11.8 Å². The maximum absolute atomic E-state index is 14.8. The number of anilines is 1. The standard InChI is InChI=1S/C20H19F2N5O2/c21-18-4-1-13(11-23)9-17(18)16-3-2-14(10-19(16)22)27-12-15(29-20(27)28)5-7-26-8-6-24-25-26/h1-4,6,8-10,15H,5,7,11-12,23H2/t15-/m0/s1. The van der Waals surface area contributed by atoms with E-state index in [0.29, 0.717) is 30.8 Å². The molecule has 9 heteroatoms. The van der Waals surface area contributed by atoms with Crippen LogP contribution < -0.4 is 10.6 Å². The highest BCUT2D eigenvalue weighted by Crippen LogP contribution is 2.31. The number of nitrogens with two attached hydrogens (primary N) is 1. The average Bonchev–Trinajstić information content (AvgIpc) is 3.36. The second-order valence-corrected chi connectivity index (χ2v) is 6.75. The van der Waals surface area contributed by atoms with Crippen LogP contribution in [0.1, 0.15) is 12.0 Å². The van der Waals surface area contributed by atoms with Gasteiger partial charge in [0.1, 0.15) is 17.7 Å². The number of cyclic esters (lactones) is 1. The number of aromatic nitrogens is 3. The van der Waals surface area contributed by atoms with E-state index in [1.54, 1.807) is 29.2 Å². The molecule has 0 unspecified atom stereocenters. The molecule has 3 aromatic rings. The van der Waals surface area contributed by atoms with E-state index in [0.717, 1.165) is 0 Å². The van der Waals surface area contributed by atoms with E-state index >= 15 is 0 Å². The van der Waals surface area contributed by atoms with Gasteiger partial charge in [-0.05, 0) is 35.9 Å². The Labute approximate surface area is 165 Å². The Morgan fingerprint density at radius 3 is 2.72 bits per heavy atom. The number of hydrogen-bond acceptors (Lipinski definition) is 5. The monoisotopic (exact) mass is 399 g/mol. The smallest absolute Gasteiger partial charge is 0.414 e. The lowest BCUT2D eigenvalue weighted by Crippen LogP contribution is -2.25. The summed E-state index contributed by atoms with van der Waals surface area (Å²) in [5, 5.41) is 7.59. The van der Waals surface area contributed by atoms with E-state index in [4.69, 9.17) is 10.5 Å². The van der Waals surface area contributed by atoms with Gasteiger partial charge in [-0.25, -0.2) is 13.6 Å². The van der Waals surface area contributed by atoms with Crippen molar-refractivity contribution in [1.29, 1.82) is 0 Å². The first-order valence-electron chi connectivity index (χ1n) is 9.16. The first-order chi connectivity index (χ1) is 14.0. The molecule has 0 aliphatic carbocycles. The molecular weight excluding hydrogens is 380 g/mol. The minimum atomic E-state index is -0.630. The third kappa shape index (κ3) is 3.95. The zero-order valence-electron chi connectivity index (χ0n) is 15.5. The second-order valence-electron chi connectivity index (χ2n) is 6.75. The Bertz CT molecular complexity index is 1030. The first kappa shape index (κ1) is 19.0. The fourth-order valence-corrected chi connectivity index (χ4v) is 3.31. The summed E-state index contributed by atoms with van der Waals surface area (Å²) in [6.45, 7) is 1.07. The van der Waals surface area contributed by atoms with Crippen LogP contribution in [0.2, 0.25) is 0 Å². The SMILES string of the molecule is NCc1ccc(F)c(-c2ccc(N3C[C@H](CCn4ccnn4)OC3=O)cc2F)c1. The van der Waals surface area contributed by atoms with Gasteiger partial charge in [-0.15, -0.1) is 5.10 Å². The quantitative estimate of drug-likeness (QED) is 0.688. The molecule has 2 aromatic carbocycles. The summed E-state index contributed by atoms with van der Waals surface area (Å²) in [6, 6.07) is 8.60. The summed E-state index contributed by atoms with van der Waals surface area (Å²) in [5.41, 5.74) is 6.89. The molecule has 0 spiro atoms. The second kappa shape index (κ2) is 7.96. The van der Waals surface area contributed by atoms with E-state index in [2.05, 4.69) is 10.3 Å². The predicted molar refractivity (Wildman–Crippen MR) is 102 cm³/mol. The van der Waals surface area contributed by atoms with Gasteiger partial charge in [0.25, 0.3) is 0 Å². The van der Waals surface area contributed by atoms with Crippen LogP contribution in [0.15, 0.2) is 48.8 Å². The summed E-state index contributed by atoms with van der Waals surface area (Å²) in [5.74, 6) is -1.17. The van der Waals surface area contributed by atoms with Crippen molar-refractivity contribution in [2.45, 2.75) is 25.6 Å². The molecule has 1 aliphatic rings. The summed E-state index contributed by atoms with van der Waals surface area (Å²) < 4.78 is 36.0. The fourth-order valence-electron chi connectivity index (χ4n) is 3.31. The van der Waals surface area contributed by atoms with Crippen molar-refractivity contribution in [3.05, 3.63) is 66.0 Å². The molecule has 0 saturated carbocycles. The van der Waals surface area contributed by atoms with Crippen LogP contribution in [-0.4, -0.2) is 33.7 Å². The molecule has 0 bridgehead atoms. The van der Waals surface area contributed by atoms with Crippen molar-refractivity contribution in [2.75, 3.05) is 11.4 Å². The van der Waals surface area contributed by atoms with Crippen molar-refractivity contribution in [2.24, 2.45) is 5.73 Å². The van der Waals surface area contributed by atoms with Gasteiger partial charge in [-0.2, -0.15) is 0 Å². The third-order valence-electron chi connectivity index (χ3n) is 4.85. The Morgan fingerprint density at radius 1 is 1.14 bits per heavy atom. The van der Waals surface area contributed by atoms with Gasteiger partial charge < -0.3 is 10.5 Å². The molecule has 0 radical (unpaired) electrons. The topological polar surface area (TPSA) is 86.3 Å². The highest BCUT2D eigenvalue weighted by atomic mass is 19.1. The third-order valence-corrected chi connectivity index (χ3v) is 4.85. The minimum Gasteiger partial charge on any atom is -0.444 e. The lowest BCUT2D eigenvalue weighted by Gasteiger charge is -2.15. The number of hydrogen-bond donors (Lipinski definition) is 1. The zero-order valence-corrected chi connectivity index (χ0v) is 15.5. The van der Waals surface area contributed by atoms with Crippen LogP contribution in [0.25, 0.3) is 11.1 Å². The van der Waals surface area contributed by atoms with Gasteiger partial charge in [-0.3, -0.25) is 9.58 Å². The Hall–Kier alpha value is -3.33. The summed E-state index contributed by atoms with van der Waals surface area (Å²) >= 11 is 0. The molecule has 1 saturated heterocycles. The Kier molecular flexibility index (Phi) is 5.22. The van der Waals surface area contributed by atoms with Crippen LogP contribution in [-0.2, 0) is 17.8 Å². The van der Waals surface area contributed by atoms with E-state index in [-0.39, 0.29) is 23.8 Å². The Morgan fingerprint density at radius 2 is 2.00 bits per heavy atom. The molecule has 7 nitrogen and oxygen atoms in total. The summed E-state index contributed by atoms with van der Waals surface area (Å²) in [7, 11) is 0. The predicted octanol–water partition coefficient (Wildman–Crippen LogP) is 3.10. The van der Waals surface area contributed by atoms with Crippen molar-refractivity contribution in [3.8, 4) is 11.1 Å². The largest absolute Gasteiger partial charge is 0.444 e. The van der Waals surface area contributed by atoms with Crippen LogP contribution in [0.4, 0.5) is 19.3 Å². The zero-order chi connectivity index (χ0) is 20.4. The molecule has 2 heterocycles. The number of rotatable bonds is 6. The molecule has 1 atom stereocenters. The molecule has 2 N–H and O–H groups in total. The number of carbonyl (C=O) groups excluding carboxylic acids is 1. The number of halogens is 2. The minimum absolute atomic E-state index is 0.108. The van der Waals surface area contributed by atoms with Gasteiger partial charge in [0.05, 0.1) is 18.4 Å². The van der Waals surface area contributed by atoms with Gasteiger partial charge in [0.2, 0.25) is 0 Å². The molecule has 1 aliphatic heterocycles. The first-order valence-corrected chi connectivity index (χ1v) is 9.16. The van der Waals surface area contributed by atoms with E-state index in [1.807, 2.05) is 0 Å². The molecule has 4 rings (SSSR count). The molecule has 1 aromatic heterocycles. The molecule has 150 valence electrons.